The summed E-state index contributed by atoms with van der Waals surface area (Å²) in [6.07, 6.45) is 0. The number of aryl methyl sites for hydroxylation is 2. The monoisotopic (exact) mass is 250 g/mol. The van der Waals surface area contributed by atoms with E-state index in [9.17, 15) is 0 Å². The lowest BCUT2D eigenvalue weighted by atomic mass is 10.2. The Labute approximate surface area is 111 Å². The normalized spacial score (nSPS) is 10.6. The minimum Gasteiger partial charge on any atom is -0.276 e. The first-order chi connectivity index (χ1) is 9.22. The first kappa shape index (κ1) is 11.6. The van der Waals surface area contributed by atoms with E-state index in [0.29, 0.717) is 0 Å². The summed E-state index contributed by atoms with van der Waals surface area (Å²) in [5.74, 6) is 0. The predicted octanol–water partition coefficient (Wildman–Crippen LogP) is 3.15. The van der Waals surface area contributed by atoms with Crippen LogP contribution in [-0.2, 0) is 0 Å². The van der Waals surface area contributed by atoms with Gasteiger partial charge in [-0.2, -0.15) is 5.10 Å². The summed E-state index contributed by atoms with van der Waals surface area (Å²) in [6.45, 7) is 3.95. The van der Waals surface area contributed by atoms with Gasteiger partial charge in [0.15, 0.2) is 0 Å². The van der Waals surface area contributed by atoms with Crippen molar-refractivity contribution in [3.63, 3.8) is 0 Å². The molecule has 0 spiro atoms. The second-order valence-electron chi connectivity index (χ2n) is 4.50. The smallest absolute Gasteiger partial charge is 0.111 e. The molecule has 0 radical (unpaired) electrons. The molecule has 0 fully saturated rings. The molecule has 3 aromatic rings. The van der Waals surface area contributed by atoms with Gasteiger partial charge in [0.1, 0.15) is 5.69 Å². The zero-order valence-corrected chi connectivity index (χ0v) is 10.9. The van der Waals surface area contributed by atoms with E-state index < -0.39 is 0 Å². The van der Waals surface area contributed by atoms with Gasteiger partial charge in [0, 0.05) is 11.4 Å². The van der Waals surface area contributed by atoms with E-state index in [1.807, 2.05) is 56.3 Å². The van der Waals surface area contributed by atoms with Gasteiger partial charge in [-0.25, -0.2) is 0 Å². The third kappa shape index (κ3) is 2.38. The Morgan fingerprint density at radius 1 is 0.789 bits per heavy atom. The molecule has 3 aromatic heterocycles. The third-order valence-corrected chi connectivity index (χ3v) is 2.89. The highest BCUT2D eigenvalue weighted by atomic mass is 15.1. The Balaban J connectivity index is 2.00. The molecule has 1 N–H and O–H groups in total. The molecule has 0 saturated carbocycles. The first-order valence-electron chi connectivity index (χ1n) is 6.16. The summed E-state index contributed by atoms with van der Waals surface area (Å²) in [7, 11) is 0. The Kier molecular flexibility index (Phi) is 2.83. The lowest BCUT2D eigenvalue weighted by Crippen LogP contribution is -1.85. The summed E-state index contributed by atoms with van der Waals surface area (Å²) < 4.78 is 0. The Morgan fingerprint density at radius 2 is 1.42 bits per heavy atom. The van der Waals surface area contributed by atoms with Gasteiger partial charge in [-0.1, -0.05) is 12.1 Å². The molecule has 4 heteroatoms. The minimum atomic E-state index is 0.835. The lowest BCUT2D eigenvalue weighted by Gasteiger charge is -1.97. The minimum absolute atomic E-state index is 0.835. The zero-order chi connectivity index (χ0) is 13.2. The molecular formula is C15H14N4. The quantitative estimate of drug-likeness (QED) is 0.760. The molecular weight excluding hydrogens is 236 g/mol. The molecule has 0 amide bonds. The number of pyridine rings is 2. The van der Waals surface area contributed by atoms with E-state index in [1.54, 1.807) is 0 Å². The fourth-order valence-corrected chi connectivity index (χ4v) is 1.96. The summed E-state index contributed by atoms with van der Waals surface area (Å²) in [5, 5.41) is 7.32. The second-order valence-corrected chi connectivity index (χ2v) is 4.50. The SMILES string of the molecule is Cc1cccc(-c2cc(-c3cccc(C)n3)[nH]n2)n1. The third-order valence-electron chi connectivity index (χ3n) is 2.89. The Morgan fingerprint density at radius 3 is 2.11 bits per heavy atom. The highest BCUT2D eigenvalue weighted by molar-refractivity contribution is 5.63. The number of nitrogens with zero attached hydrogens (tertiary/aromatic N) is 3. The van der Waals surface area contributed by atoms with Gasteiger partial charge in [0.25, 0.3) is 0 Å². The van der Waals surface area contributed by atoms with Gasteiger partial charge in [0.05, 0.1) is 17.1 Å². The average Bonchev–Trinajstić information content (AvgIpc) is 2.88. The summed E-state index contributed by atoms with van der Waals surface area (Å²) in [4.78, 5) is 8.94. The van der Waals surface area contributed by atoms with E-state index >= 15 is 0 Å². The zero-order valence-electron chi connectivity index (χ0n) is 10.9. The lowest BCUT2D eigenvalue weighted by molar-refractivity contribution is 1.07. The molecule has 0 aliphatic heterocycles. The van der Waals surface area contributed by atoms with Crippen LogP contribution < -0.4 is 0 Å². The van der Waals surface area contributed by atoms with Crippen molar-refractivity contribution in [1.29, 1.82) is 0 Å². The molecule has 0 saturated heterocycles. The van der Waals surface area contributed by atoms with E-state index in [2.05, 4.69) is 20.2 Å². The maximum atomic E-state index is 4.48. The van der Waals surface area contributed by atoms with Crippen molar-refractivity contribution in [3.05, 3.63) is 53.9 Å². The number of H-pyrrole nitrogens is 1. The van der Waals surface area contributed by atoms with Crippen LogP contribution in [0.5, 0.6) is 0 Å². The standard InChI is InChI=1S/C15H14N4/c1-10-5-3-7-12(16-10)14-9-15(19-18-14)13-8-4-6-11(2)17-13/h3-9H,1-2H3,(H,18,19). The van der Waals surface area contributed by atoms with Crippen molar-refractivity contribution in [2.24, 2.45) is 0 Å². The molecule has 94 valence electrons. The molecule has 19 heavy (non-hydrogen) atoms. The van der Waals surface area contributed by atoms with Crippen molar-refractivity contribution in [3.8, 4) is 22.8 Å². The first-order valence-corrected chi connectivity index (χ1v) is 6.16. The fourth-order valence-electron chi connectivity index (χ4n) is 1.96. The van der Waals surface area contributed by atoms with Gasteiger partial charge in [-0.3, -0.25) is 15.1 Å². The highest BCUT2D eigenvalue weighted by Crippen LogP contribution is 2.21. The molecule has 0 bridgehead atoms. The van der Waals surface area contributed by atoms with Crippen LogP contribution in [0.2, 0.25) is 0 Å². The molecule has 3 rings (SSSR count). The molecule has 0 aliphatic rings. The summed E-state index contributed by atoms with van der Waals surface area (Å²) in [5.41, 5.74) is 5.48. The van der Waals surface area contributed by atoms with Crippen molar-refractivity contribution < 1.29 is 0 Å². The van der Waals surface area contributed by atoms with E-state index in [4.69, 9.17) is 0 Å². The van der Waals surface area contributed by atoms with Crippen LogP contribution in [-0.4, -0.2) is 20.2 Å². The number of rotatable bonds is 2. The number of hydrogen-bond acceptors (Lipinski definition) is 3. The van der Waals surface area contributed by atoms with Gasteiger partial charge in [-0.05, 0) is 44.2 Å². The van der Waals surface area contributed by atoms with Gasteiger partial charge >= 0.3 is 0 Å². The van der Waals surface area contributed by atoms with E-state index in [0.717, 1.165) is 34.2 Å². The second kappa shape index (κ2) is 4.65. The molecule has 0 atom stereocenters. The van der Waals surface area contributed by atoms with Gasteiger partial charge < -0.3 is 0 Å². The van der Waals surface area contributed by atoms with Crippen molar-refractivity contribution in [1.82, 2.24) is 20.2 Å². The van der Waals surface area contributed by atoms with Crippen LogP contribution in [0.4, 0.5) is 0 Å². The number of hydrogen-bond donors (Lipinski definition) is 1. The maximum absolute atomic E-state index is 4.48. The Hall–Kier alpha value is -2.49. The van der Waals surface area contributed by atoms with Gasteiger partial charge in [-0.15, -0.1) is 0 Å². The van der Waals surface area contributed by atoms with Crippen LogP contribution in [0.3, 0.4) is 0 Å². The van der Waals surface area contributed by atoms with E-state index in [-0.39, 0.29) is 0 Å². The largest absolute Gasteiger partial charge is 0.276 e. The predicted molar refractivity (Wildman–Crippen MR) is 74.5 cm³/mol. The summed E-state index contributed by atoms with van der Waals surface area (Å²) >= 11 is 0. The van der Waals surface area contributed by atoms with Crippen LogP contribution in [0, 0.1) is 13.8 Å². The summed E-state index contributed by atoms with van der Waals surface area (Å²) in [6, 6.07) is 13.8. The van der Waals surface area contributed by atoms with Crippen molar-refractivity contribution >= 4 is 0 Å². The Bertz CT molecular complexity index is 655. The fraction of sp³-hybridized carbons (Fsp3) is 0.133. The van der Waals surface area contributed by atoms with E-state index in [1.165, 1.54) is 0 Å². The molecule has 0 aromatic carbocycles. The van der Waals surface area contributed by atoms with Gasteiger partial charge in [0.2, 0.25) is 0 Å². The number of nitrogens with one attached hydrogen (secondary N) is 1. The van der Waals surface area contributed by atoms with Crippen molar-refractivity contribution in [2.75, 3.05) is 0 Å². The van der Waals surface area contributed by atoms with Crippen molar-refractivity contribution in [2.45, 2.75) is 13.8 Å². The molecule has 0 aliphatic carbocycles. The number of aromatic nitrogens is 4. The average molecular weight is 250 g/mol. The highest BCUT2D eigenvalue weighted by Gasteiger charge is 2.07. The molecule has 3 heterocycles. The van der Waals surface area contributed by atoms with Crippen LogP contribution >= 0.6 is 0 Å². The molecule has 0 unspecified atom stereocenters. The van der Waals surface area contributed by atoms with Crippen LogP contribution in [0.25, 0.3) is 22.8 Å². The maximum Gasteiger partial charge on any atom is 0.111 e. The number of aromatic amines is 1. The topological polar surface area (TPSA) is 54.5 Å². The molecule has 4 nitrogen and oxygen atoms in total. The van der Waals surface area contributed by atoms with Crippen LogP contribution in [0.15, 0.2) is 42.5 Å². The van der Waals surface area contributed by atoms with Crippen LogP contribution in [0.1, 0.15) is 11.4 Å².